The van der Waals surface area contributed by atoms with E-state index in [1.54, 1.807) is 0 Å². The number of esters is 1. The molecule has 0 saturated heterocycles. The topological polar surface area (TPSA) is 52.6 Å². The van der Waals surface area contributed by atoms with Crippen LogP contribution in [0.15, 0.2) is 0 Å². The van der Waals surface area contributed by atoms with E-state index in [4.69, 9.17) is 34.8 Å². The van der Waals surface area contributed by atoms with Gasteiger partial charge in [0.2, 0.25) is 7.21 Å². The number of ether oxygens (including phenoxy) is 2. The number of hydrogen-bond donors (Lipinski definition) is 0. The third-order valence-electron chi connectivity index (χ3n) is 1.09. The predicted octanol–water partition coefficient (Wildman–Crippen LogP) is 3.28. The summed E-state index contributed by atoms with van der Waals surface area (Å²) in [6.45, 7) is -0.268. The summed E-state index contributed by atoms with van der Waals surface area (Å²) in [5.41, 5.74) is 0. The van der Waals surface area contributed by atoms with Gasteiger partial charge in [0.1, 0.15) is 6.61 Å². The first-order valence-electron chi connectivity index (χ1n) is 3.47. The minimum atomic E-state index is -1.70. The molecular formula is C6H4Br3Cl3O4. The zero-order chi connectivity index (χ0) is 13.0. The van der Waals surface area contributed by atoms with Gasteiger partial charge in [-0.2, -0.15) is 0 Å². The van der Waals surface area contributed by atoms with Gasteiger partial charge in [0.15, 0.2) is 4.83 Å². The lowest BCUT2D eigenvalue weighted by Gasteiger charge is -2.23. The van der Waals surface area contributed by atoms with E-state index in [9.17, 15) is 9.59 Å². The largest absolute Gasteiger partial charge is 0.460 e. The molecule has 0 bridgehead atoms. The highest BCUT2D eigenvalue weighted by Crippen LogP contribution is 2.36. The molecule has 1 unspecified atom stereocenters. The first-order chi connectivity index (χ1) is 7.10. The van der Waals surface area contributed by atoms with Crippen molar-refractivity contribution in [3.63, 3.8) is 0 Å². The Morgan fingerprint density at radius 1 is 1.38 bits per heavy atom. The summed E-state index contributed by atoms with van der Waals surface area (Å²) in [7, 11) is 0. The molecule has 0 radical (unpaired) electrons. The van der Waals surface area contributed by atoms with Gasteiger partial charge < -0.3 is 9.47 Å². The number of carbonyl (C=O) groups is 2. The molecule has 94 valence electrons. The number of carbonyl (C=O) groups excluding carboxylic acids is 2. The van der Waals surface area contributed by atoms with Gasteiger partial charge in [-0.3, -0.25) is 9.59 Å². The number of alkyl halides is 6. The second-order valence-electron chi connectivity index (χ2n) is 2.36. The normalized spacial score (nSPS) is 14.1. The van der Waals surface area contributed by atoms with Crippen LogP contribution in [-0.2, 0) is 19.1 Å². The summed E-state index contributed by atoms with van der Waals surface area (Å²) in [5.74, 6) is -0.776. The Balaban J connectivity index is 4.33. The molecule has 0 rings (SSSR count). The molecule has 0 N–H and O–H groups in total. The zero-order valence-corrected chi connectivity index (χ0v) is 14.3. The maximum atomic E-state index is 11.4. The fourth-order valence-electron chi connectivity index (χ4n) is 0.487. The summed E-state index contributed by atoms with van der Waals surface area (Å²) in [6.07, 6.45) is 0. The molecule has 0 amide bonds. The van der Waals surface area contributed by atoms with Gasteiger partial charge in [-0.05, 0) is 31.9 Å². The molecule has 0 aliphatic heterocycles. The van der Waals surface area contributed by atoms with Crippen molar-refractivity contribution in [2.45, 2.75) is 12.0 Å². The summed E-state index contributed by atoms with van der Waals surface area (Å²) in [5, 5.41) is 0. The van der Waals surface area contributed by atoms with Crippen LogP contribution in [-0.4, -0.2) is 31.1 Å². The molecule has 0 heterocycles. The molecule has 1 atom stereocenters. The lowest BCUT2D eigenvalue weighted by molar-refractivity contribution is -0.145. The van der Waals surface area contributed by atoms with Crippen LogP contribution in [0.2, 0.25) is 0 Å². The number of halogens is 6. The minimum absolute atomic E-state index is 0.153. The van der Waals surface area contributed by atoms with Crippen LogP contribution < -0.4 is 0 Å². The number of rotatable bonds is 5. The molecule has 0 aromatic carbocycles. The van der Waals surface area contributed by atoms with Gasteiger partial charge >= 0.3 is 5.97 Å². The molecule has 0 saturated carbocycles. The monoisotopic (exact) mass is 482 g/mol. The number of hydrogen-bond acceptors (Lipinski definition) is 4. The molecule has 0 fully saturated rings. The molecular weight excluding hydrogens is 482 g/mol. The lowest BCUT2D eigenvalue weighted by Crippen LogP contribution is -2.37. The Labute approximate surface area is 132 Å². The average molecular weight is 486 g/mol. The maximum Gasteiger partial charge on any atom is 0.325 e. The molecule has 16 heavy (non-hydrogen) atoms. The van der Waals surface area contributed by atoms with Crippen LogP contribution >= 0.6 is 82.6 Å². The summed E-state index contributed by atoms with van der Waals surface area (Å²) < 4.78 is 6.09. The molecule has 0 aromatic rings. The molecule has 10 heteroatoms. The quantitative estimate of drug-likeness (QED) is 0.340. The van der Waals surface area contributed by atoms with Crippen LogP contribution in [0.4, 0.5) is 0 Å². The molecule has 4 nitrogen and oxygen atoms in total. The van der Waals surface area contributed by atoms with Crippen molar-refractivity contribution in [3.8, 4) is 0 Å². The fourth-order valence-corrected chi connectivity index (χ4v) is 1.42. The summed E-state index contributed by atoms with van der Waals surface area (Å²) in [4.78, 5) is 20.5. The fraction of sp³-hybridized carbons (Fsp3) is 0.667. The Morgan fingerprint density at radius 3 is 2.25 bits per heavy atom. The van der Waals surface area contributed by atoms with Crippen molar-refractivity contribution in [1.82, 2.24) is 0 Å². The highest BCUT2D eigenvalue weighted by atomic mass is 79.9. The second-order valence-corrected chi connectivity index (χ2v) is 9.21. The predicted molar refractivity (Wildman–Crippen MR) is 71.7 cm³/mol. The van der Waals surface area contributed by atoms with Gasteiger partial charge in [0.25, 0.3) is 6.47 Å². The first kappa shape index (κ1) is 17.2. The van der Waals surface area contributed by atoms with Gasteiger partial charge in [-0.15, -0.1) is 0 Å². The van der Waals surface area contributed by atoms with E-state index in [0.717, 1.165) is 0 Å². The van der Waals surface area contributed by atoms with Crippen LogP contribution in [0.3, 0.4) is 0 Å². The van der Waals surface area contributed by atoms with E-state index in [-0.39, 0.29) is 6.47 Å². The van der Waals surface area contributed by atoms with Crippen molar-refractivity contribution < 1.29 is 19.1 Å². The van der Waals surface area contributed by atoms with E-state index in [1.165, 1.54) is 0 Å². The van der Waals surface area contributed by atoms with Crippen LogP contribution in [0, 0.1) is 0 Å². The van der Waals surface area contributed by atoms with Crippen molar-refractivity contribution in [2.24, 2.45) is 0 Å². The molecule has 0 spiro atoms. The van der Waals surface area contributed by atoms with E-state index in [2.05, 4.69) is 57.3 Å². The van der Waals surface area contributed by atoms with Crippen molar-refractivity contribution >= 4 is 95.0 Å². The molecule has 0 aromatic heterocycles. The highest BCUT2D eigenvalue weighted by molar-refractivity contribution is 9.26. The van der Waals surface area contributed by atoms with Crippen molar-refractivity contribution in [2.75, 3.05) is 6.61 Å². The van der Waals surface area contributed by atoms with Crippen LogP contribution in [0.1, 0.15) is 0 Å². The Bertz CT molecular complexity index is 268. The third-order valence-corrected chi connectivity index (χ3v) is 4.95. The van der Waals surface area contributed by atoms with Crippen molar-refractivity contribution in [3.05, 3.63) is 0 Å². The van der Waals surface area contributed by atoms with Gasteiger partial charge in [-0.1, -0.05) is 50.7 Å². The van der Waals surface area contributed by atoms with E-state index < -0.39 is 24.6 Å². The SMILES string of the molecule is O=COC(Br)(Br)C(Br)C(=O)OCC(Cl)(Cl)Cl. The maximum absolute atomic E-state index is 11.4. The average Bonchev–Trinajstić information content (AvgIpc) is 2.11. The Kier molecular flexibility index (Phi) is 7.54. The first-order valence-corrected chi connectivity index (χ1v) is 7.10. The molecule has 0 aliphatic rings. The molecule has 0 aliphatic carbocycles. The van der Waals surface area contributed by atoms with Gasteiger partial charge in [-0.25, -0.2) is 0 Å². The smallest absolute Gasteiger partial charge is 0.325 e. The Hall–Kier alpha value is 1.25. The van der Waals surface area contributed by atoms with E-state index >= 15 is 0 Å². The van der Waals surface area contributed by atoms with E-state index in [0.29, 0.717) is 0 Å². The zero-order valence-electron chi connectivity index (χ0n) is 7.26. The summed E-state index contributed by atoms with van der Waals surface area (Å²) in [6, 6.07) is 0. The van der Waals surface area contributed by atoms with Gasteiger partial charge in [0, 0.05) is 0 Å². The summed E-state index contributed by atoms with van der Waals surface area (Å²) >= 11 is 25.0. The Morgan fingerprint density at radius 2 is 1.88 bits per heavy atom. The lowest BCUT2D eigenvalue weighted by atomic mass is 10.4. The van der Waals surface area contributed by atoms with Crippen LogP contribution in [0.25, 0.3) is 0 Å². The van der Waals surface area contributed by atoms with Gasteiger partial charge in [0.05, 0.1) is 0 Å². The van der Waals surface area contributed by atoms with Crippen molar-refractivity contribution in [1.29, 1.82) is 0 Å². The minimum Gasteiger partial charge on any atom is -0.460 e. The highest BCUT2D eigenvalue weighted by Gasteiger charge is 2.41. The van der Waals surface area contributed by atoms with Crippen LogP contribution in [0.5, 0.6) is 0 Å². The standard InChI is InChI=1S/C6H4Br3Cl3O4/c7-3(6(8,9)16-2-13)4(14)15-1-5(10,11)12/h2-3H,1H2. The van der Waals surface area contributed by atoms with E-state index in [1.807, 2.05) is 0 Å². The third kappa shape index (κ3) is 6.86. The second kappa shape index (κ2) is 6.99.